The molecule has 0 radical (unpaired) electrons. The lowest BCUT2D eigenvalue weighted by Gasteiger charge is -2.44. The van der Waals surface area contributed by atoms with Crippen molar-refractivity contribution in [2.75, 3.05) is 19.8 Å². The van der Waals surface area contributed by atoms with E-state index in [-0.39, 0.29) is 5.91 Å². The van der Waals surface area contributed by atoms with Gasteiger partial charge in [0.2, 0.25) is 17.2 Å². The van der Waals surface area contributed by atoms with E-state index in [0.29, 0.717) is 19.5 Å². The number of carbonyl (C=O) groups is 1. The fraction of sp³-hybridized carbons (Fsp3) is 0.652. The molecular weight excluding hydrogens is 417 g/mol. The number of aromatic nitrogens is 1. The van der Waals surface area contributed by atoms with Gasteiger partial charge in [0.25, 0.3) is 0 Å². The highest BCUT2D eigenvalue weighted by Gasteiger charge is 2.40. The summed E-state index contributed by atoms with van der Waals surface area (Å²) in [6, 6.07) is 3.71. The van der Waals surface area contributed by atoms with Crippen molar-refractivity contribution in [3.63, 3.8) is 0 Å². The van der Waals surface area contributed by atoms with Crippen molar-refractivity contribution >= 4 is 23.2 Å². The summed E-state index contributed by atoms with van der Waals surface area (Å²) in [6.07, 6.45) is 16.4. The Morgan fingerprint density at radius 2 is 1.97 bits per heavy atom. The number of unbranched alkanes of at least 4 members (excludes halogenated alkanes) is 4. The van der Waals surface area contributed by atoms with Gasteiger partial charge in [-0.3, -0.25) is 18.7 Å². The number of hydrogen-bond donors (Lipinski definition) is 2. The van der Waals surface area contributed by atoms with Crippen molar-refractivity contribution in [2.24, 2.45) is 0 Å². The van der Waals surface area contributed by atoms with Crippen LogP contribution in [0, 0.1) is 0 Å². The molecule has 0 bridgehead atoms. The van der Waals surface area contributed by atoms with Crippen molar-refractivity contribution in [3.8, 4) is 0 Å². The molecule has 1 amide bonds. The number of nitrogens with zero attached hydrogens (tertiary/aromatic N) is 2. The van der Waals surface area contributed by atoms with Gasteiger partial charge in [0.1, 0.15) is 0 Å². The van der Waals surface area contributed by atoms with Gasteiger partial charge in [0, 0.05) is 37.1 Å². The minimum Gasteiger partial charge on any atom is -0.353 e. The zero-order valence-electron chi connectivity index (χ0n) is 18.3. The minimum absolute atomic E-state index is 0.115. The molecule has 31 heavy (non-hydrogen) atoms. The largest absolute Gasteiger partial charge is 0.353 e. The Kier molecular flexibility index (Phi) is 11.9. The highest BCUT2D eigenvalue weighted by Crippen LogP contribution is 2.37. The number of hydrogen-bond acceptors (Lipinski definition) is 3. The van der Waals surface area contributed by atoms with Crippen LogP contribution in [0.4, 0.5) is 4.39 Å². The van der Waals surface area contributed by atoms with Crippen LogP contribution in [0.15, 0.2) is 30.6 Å². The summed E-state index contributed by atoms with van der Waals surface area (Å²) in [5.41, 5.74) is 0.428. The lowest BCUT2D eigenvalue weighted by molar-refractivity contribution is -0.116. The van der Waals surface area contributed by atoms with E-state index in [2.05, 4.69) is 10.3 Å². The van der Waals surface area contributed by atoms with Gasteiger partial charge >= 0.3 is 0 Å². The number of amides is 1. The first-order valence-corrected chi connectivity index (χ1v) is 12.4. The fourth-order valence-corrected chi connectivity index (χ4v) is 5.21. The van der Waals surface area contributed by atoms with Gasteiger partial charge in [0.15, 0.2) is 0 Å². The van der Waals surface area contributed by atoms with Crippen molar-refractivity contribution in [3.05, 3.63) is 36.2 Å². The van der Waals surface area contributed by atoms with Crippen LogP contribution in [0.25, 0.3) is 6.08 Å². The van der Waals surface area contributed by atoms with Crippen LogP contribution in [0.5, 0.6) is 0 Å². The molecular formula is C23H36FN3O3S. The Balaban J connectivity index is 1.60. The van der Waals surface area contributed by atoms with E-state index in [1.54, 1.807) is 22.8 Å². The van der Waals surface area contributed by atoms with Gasteiger partial charge in [-0.2, -0.15) is 4.31 Å². The van der Waals surface area contributed by atoms with Crippen molar-refractivity contribution in [1.29, 1.82) is 0 Å². The van der Waals surface area contributed by atoms with E-state index in [9.17, 15) is 17.9 Å². The summed E-state index contributed by atoms with van der Waals surface area (Å²) in [5, 5.41) is 2.88. The summed E-state index contributed by atoms with van der Waals surface area (Å²) < 4.78 is 36.6. The molecule has 0 saturated heterocycles. The van der Waals surface area contributed by atoms with Gasteiger partial charge < -0.3 is 5.32 Å². The Labute approximate surface area is 188 Å². The second kappa shape index (κ2) is 14.4. The van der Waals surface area contributed by atoms with Crippen molar-refractivity contribution in [2.45, 2.75) is 76.2 Å². The van der Waals surface area contributed by atoms with Crippen molar-refractivity contribution < 1.29 is 17.9 Å². The Morgan fingerprint density at radius 3 is 2.65 bits per heavy atom. The van der Waals surface area contributed by atoms with E-state index in [4.69, 9.17) is 0 Å². The van der Waals surface area contributed by atoms with E-state index in [1.165, 1.54) is 6.08 Å². The molecule has 1 heterocycles. The molecule has 0 spiro atoms. The van der Waals surface area contributed by atoms with Gasteiger partial charge in [-0.15, -0.1) is 0 Å². The van der Waals surface area contributed by atoms with Crippen molar-refractivity contribution in [1.82, 2.24) is 14.6 Å². The zero-order chi connectivity index (χ0) is 22.4. The van der Waals surface area contributed by atoms with Crippen LogP contribution in [-0.4, -0.2) is 49.3 Å². The van der Waals surface area contributed by atoms with E-state index < -0.39 is 23.5 Å². The molecule has 2 N–H and O–H groups in total. The molecule has 0 aromatic carbocycles. The molecule has 2 rings (SSSR count). The van der Waals surface area contributed by atoms with Gasteiger partial charge in [-0.25, -0.2) is 4.21 Å². The number of carbonyl (C=O) groups excluding carboxylic acids is 1. The third-order valence-electron chi connectivity index (χ3n) is 6.01. The molecule has 6 nitrogen and oxygen atoms in total. The first-order chi connectivity index (χ1) is 15.1. The quantitative estimate of drug-likeness (QED) is 0.244. The van der Waals surface area contributed by atoms with E-state index >= 15 is 0 Å². The molecule has 8 heteroatoms. The maximum atomic E-state index is 13.2. The number of rotatable bonds is 14. The van der Waals surface area contributed by atoms with E-state index in [0.717, 1.165) is 69.8 Å². The standard InChI is InChI=1S/C23H36FN3O3S/c24-16-15-23(13-5-4-6-14-23)27(31(29)30)19-8-3-1-2-7-18-26-22(28)12-11-21-10-9-17-25-20-21/h9-12,17,20H,1-8,13-16,18-19H2,(H,26,28)(H,29,30)/b12-11+. The minimum atomic E-state index is -2.06. The Hall–Kier alpha value is -1.64. The highest BCUT2D eigenvalue weighted by atomic mass is 32.2. The summed E-state index contributed by atoms with van der Waals surface area (Å²) in [7, 11) is 0. The van der Waals surface area contributed by atoms with Gasteiger partial charge in [-0.1, -0.05) is 44.6 Å². The molecule has 1 aliphatic carbocycles. The van der Waals surface area contributed by atoms with E-state index in [1.807, 2.05) is 12.1 Å². The predicted octanol–water partition coefficient (Wildman–Crippen LogP) is 4.66. The highest BCUT2D eigenvalue weighted by molar-refractivity contribution is 7.76. The number of halogens is 1. The molecule has 1 atom stereocenters. The van der Waals surface area contributed by atoms with Crippen LogP contribution in [0.2, 0.25) is 0 Å². The van der Waals surface area contributed by atoms with Crippen LogP contribution in [0.3, 0.4) is 0 Å². The molecule has 1 unspecified atom stereocenters. The number of nitrogens with one attached hydrogen (secondary N) is 1. The lowest BCUT2D eigenvalue weighted by atomic mass is 9.79. The van der Waals surface area contributed by atoms with Crippen LogP contribution in [-0.2, 0) is 16.1 Å². The topological polar surface area (TPSA) is 82.5 Å². The summed E-state index contributed by atoms with van der Waals surface area (Å²) in [6.45, 7) is 0.707. The third kappa shape index (κ3) is 9.17. The predicted molar refractivity (Wildman–Crippen MR) is 123 cm³/mol. The summed E-state index contributed by atoms with van der Waals surface area (Å²) >= 11 is -2.06. The van der Waals surface area contributed by atoms with Crippen LogP contribution >= 0.6 is 0 Å². The second-order valence-electron chi connectivity index (χ2n) is 8.24. The Morgan fingerprint density at radius 1 is 1.23 bits per heavy atom. The van der Waals surface area contributed by atoms with Gasteiger partial charge in [0.05, 0.1) is 6.67 Å². The lowest BCUT2D eigenvalue weighted by Crippen LogP contribution is -2.51. The first kappa shape index (κ1) is 25.6. The molecule has 1 aliphatic rings. The maximum absolute atomic E-state index is 13.2. The zero-order valence-corrected chi connectivity index (χ0v) is 19.1. The Bertz CT molecular complexity index is 691. The monoisotopic (exact) mass is 453 g/mol. The number of pyridine rings is 1. The second-order valence-corrected chi connectivity index (χ2v) is 9.14. The molecule has 1 fully saturated rings. The normalized spacial score (nSPS) is 17.1. The average molecular weight is 454 g/mol. The SMILES string of the molecule is O=C(/C=C/c1cccnc1)NCCCCCCCN(S(=O)O)C1(CCF)CCCCC1. The number of alkyl halides is 1. The molecule has 1 aromatic rings. The van der Waals surface area contributed by atoms with Crippen LogP contribution < -0.4 is 5.32 Å². The molecule has 1 aromatic heterocycles. The fourth-order valence-electron chi connectivity index (χ4n) is 4.32. The molecule has 1 saturated carbocycles. The van der Waals surface area contributed by atoms with Gasteiger partial charge in [-0.05, 0) is 49.8 Å². The smallest absolute Gasteiger partial charge is 0.243 e. The maximum Gasteiger partial charge on any atom is 0.243 e. The van der Waals surface area contributed by atoms with Crippen LogP contribution in [0.1, 0.15) is 76.2 Å². The summed E-state index contributed by atoms with van der Waals surface area (Å²) in [4.78, 5) is 15.8. The third-order valence-corrected chi connectivity index (χ3v) is 6.96. The average Bonchev–Trinajstić information content (AvgIpc) is 2.77. The first-order valence-electron chi connectivity index (χ1n) is 11.4. The molecule has 0 aliphatic heterocycles. The summed E-state index contributed by atoms with van der Waals surface area (Å²) in [5.74, 6) is -0.115. The molecule has 174 valence electrons.